The number of azide groups is 1. The second-order valence-corrected chi connectivity index (χ2v) is 3.96. The van der Waals surface area contributed by atoms with Gasteiger partial charge in [0.2, 0.25) is 0 Å². The first-order valence-electron chi connectivity index (χ1n) is 5.08. The number of unbranched alkanes of at least 4 members (excludes halogenated alkanes) is 6. The zero-order chi connectivity index (χ0) is 9.78. The van der Waals surface area contributed by atoms with Crippen LogP contribution in [0.15, 0.2) is 4.52 Å². The minimum Gasteiger partial charge on any atom is -0.0667 e. The molecule has 0 heterocycles. The predicted molar refractivity (Wildman–Crippen MR) is 59.6 cm³/mol. The van der Waals surface area contributed by atoms with Gasteiger partial charge in [-0.1, -0.05) is 57.4 Å². The van der Waals surface area contributed by atoms with Gasteiger partial charge >= 0.3 is 0 Å². The Morgan fingerprint density at radius 2 is 1.69 bits per heavy atom. The first-order valence-corrected chi connectivity index (χ1v) is 6.02. The van der Waals surface area contributed by atoms with E-state index in [1.165, 1.54) is 56.9 Å². The van der Waals surface area contributed by atoms with E-state index in [0.29, 0.717) is 0 Å². The summed E-state index contributed by atoms with van der Waals surface area (Å²) in [5.41, 5.74) is 8.00. The van der Waals surface area contributed by atoms with Gasteiger partial charge < -0.3 is 0 Å². The molecule has 76 valence electrons. The van der Waals surface area contributed by atoms with E-state index in [-0.39, 0.29) is 0 Å². The molecule has 0 aliphatic rings. The quantitative estimate of drug-likeness (QED) is 0.175. The highest BCUT2D eigenvalue weighted by atomic mass is 32.2. The van der Waals surface area contributed by atoms with Gasteiger partial charge in [0.25, 0.3) is 0 Å². The highest BCUT2D eigenvalue weighted by Crippen LogP contribution is 2.10. The van der Waals surface area contributed by atoms with Gasteiger partial charge in [-0.05, 0) is 16.5 Å². The van der Waals surface area contributed by atoms with Gasteiger partial charge in [0.05, 0.1) is 0 Å². The zero-order valence-electron chi connectivity index (χ0n) is 8.41. The molecular weight excluding hydrogens is 182 g/mol. The van der Waals surface area contributed by atoms with Crippen molar-refractivity contribution in [3.8, 4) is 0 Å². The van der Waals surface area contributed by atoms with E-state index in [1.54, 1.807) is 0 Å². The Bertz CT molecular complexity index is 144. The highest BCUT2D eigenvalue weighted by Gasteiger charge is 1.90. The average Bonchev–Trinajstić information content (AvgIpc) is 2.16. The Morgan fingerprint density at radius 3 is 2.31 bits per heavy atom. The van der Waals surface area contributed by atoms with Gasteiger partial charge in [-0.15, -0.1) is 0 Å². The van der Waals surface area contributed by atoms with Crippen molar-refractivity contribution in [3.05, 3.63) is 10.4 Å². The fourth-order valence-electron chi connectivity index (χ4n) is 1.19. The van der Waals surface area contributed by atoms with Crippen LogP contribution in [0.2, 0.25) is 0 Å². The molecule has 0 saturated carbocycles. The first kappa shape index (κ1) is 12.7. The lowest BCUT2D eigenvalue weighted by Gasteiger charge is -1.98. The standard InChI is InChI=1S/C9H19N3S/c1-2-3-4-5-6-7-8-9-13-12-11-10/h2-9H2,1H3. The normalized spacial score (nSPS) is 9.62. The minimum absolute atomic E-state index is 0.970. The lowest BCUT2D eigenvalue weighted by Crippen LogP contribution is -1.81. The van der Waals surface area contributed by atoms with Gasteiger partial charge in [-0.3, -0.25) is 0 Å². The Balaban J connectivity index is 2.87. The van der Waals surface area contributed by atoms with Crippen molar-refractivity contribution in [2.24, 2.45) is 4.52 Å². The Labute approximate surface area is 85.1 Å². The van der Waals surface area contributed by atoms with Crippen LogP contribution in [0.5, 0.6) is 0 Å². The molecule has 0 rings (SSSR count). The fraction of sp³-hybridized carbons (Fsp3) is 1.00. The van der Waals surface area contributed by atoms with Crippen molar-refractivity contribution in [1.29, 1.82) is 0 Å². The predicted octanol–water partition coefficient (Wildman–Crippen LogP) is 4.70. The van der Waals surface area contributed by atoms with Crippen molar-refractivity contribution in [1.82, 2.24) is 0 Å². The molecule has 0 aromatic rings. The van der Waals surface area contributed by atoms with E-state index in [4.69, 9.17) is 5.53 Å². The zero-order valence-corrected chi connectivity index (χ0v) is 9.22. The van der Waals surface area contributed by atoms with E-state index >= 15 is 0 Å². The number of hydrogen-bond acceptors (Lipinski definition) is 2. The molecule has 0 aliphatic carbocycles. The minimum atomic E-state index is 0.970. The summed E-state index contributed by atoms with van der Waals surface area (Å²) in [5, 5.41) is 0. The van der Waals surface area contributed by atoms with Crippen molar-refractivity contribution in [2.45, 2.75) is 51.9 Å². The van der Waals surface area contributed by atoms with Crippen LogP contribution in [0.4, 0.5) is 0 Å². The van der Waals surface area contributed by atoms with Crippen molar-refractivity contribution < 1.29 is 0 Å². The Hall–Kier alpha value is -0.340. The third-order valence-electron chi connectivity index (χ3n) is 1.93. The summed E-state index contributed by atoms with van der Waals surface area (Å²) in [6.07, 6.45) is 9.20. The van der Waals surface area contributed by atoms with E-state index in [9.17, 15) is 0 Å². The van der Waals surface area contributed by atoms with Gasteiger partial charge in [-0.25, -0.2) is 0 Å². The SMILES string of the molecule is CCCCCCCCCSN=[N+]=[N-]. The number of hydrogen-bond donors (Lipinski definition) is 0. The van der Waals surface area contributed by atoms with Crippen LogP contribution in [0, 0.1) is 0 Å². The molecule has 0 aromatic heterocycles. The average molecular weight is 201 g/mol. The van der Waals surface area contributed by atoms with E-state index in [0.717, 1.165) is 5.75 Å². The second kappa shape index (κ2) is 11.7. The highest BCUT2D eigenvalue weighted by molar-refractivity contribution is 7.97. The van der Waals surface area contributed by atoms with Crippen molar-refractivity contribution >= 4 is 11.9 Å². The summed E-state index contributed by atoms with van der Waals surface area (Å²) in [6, 6.07) is 0. The molecule has 0 atom stereocenters. The van der Waals surface area contributed by atoms with Crippen LogP contribution in [0.1, 0.15) is 51.9 Å². The maximum absolute atomic E-state index is 8.00. The summed E-state index contributed by atoms with van der Waals surface area (Å²) in [5.74, 6) is 0.970. The molecular formula is C9H19N3S. The van der Waals surface area contributed by atoms with Gasteiger partial charge in [0, 0.05) is 10.7 Å². The van der Waals surface area contributed by atoms with Crippen molar-refractivity contribution in [3.63, 3.8) is 0 Å². The summed E-state index contributed by atoms with van der Waals surface area (Å²) in [6.45, 7) is 2.23. The van der Waals surface area contributed by atoms with Crippen LogP contribution in [-0.2, 0) is 0 Å². The van der Waals surface area contributed by atoms with Crippen LogP contribution in [-0.4, -0.2) is 5.75 Å². The largest absolute Gasteiger partial charge is 0.0667 e. The molecule has 0 spiro atoms. The fourth-order valence-corrected chi connectivity index (χ4v) is 1.66. The van der Waals surface area contributed by atoms with Gasteiger partial charge in [0.15, 0.2) is 0 Å². The van der Waals surface area contributed by atoms with Crippen LogP contribution in [0.3, 0.4) is 0 Å². The van der Waals surface area contributed by atoms with Gasteiger partial charge in [0.1, 0.15) is 0 Å². The summed E-state index contributed by atoms with van der Waals surface area (Å²) < 4.78 is 3.42. The molecule has 0 amide bonds. The number of rotatable bonds is 9. The smallest absolute Gasteiger partial charge is 0.0108 e. The molecule has 3 nitrogen and oxygen atoms in total. The summed E-state index contributed by atoms with van der Waals surface area (Å²) in [7, 11) is 0. The maximum atomic E-state index is 8.00. The van der Waals surface area contributed by atoms with Crippen LogP contribution < -0.4 is 0 Å². The lowest BCUT2D eigenvalue weighted by molar-refractivity contribution is 0.603. The Morgan fingerprint density at radius 1 is 1.08 bits per heavy atom. The third-order valence-corrected chi connectivity index (χ3v) is 2.59. The molecule has 0 N–H and O–H groups in total. The topological polar surface area (TPSA) is 48.8 Å². The van der Waals surface area contributed by atoms with Gasteiger partial charge in [-0.2, -0.15) is 0 Å². The maximum Gasteiger partial charge on any atom is 0.0108 e. The Kier molecular flexibility index (Phi) is 11.4. The van der Waals surface area contributed by atoms with E-state index < -0.39 is 0 Å². The lowest BCUT2D eigenvalue weighted by atomic mass is 10.1. The molecule has 0 aromatic carbocycles. The molecule has 0 unspecified atom stereocenters. The molecule has 0 aliphatic heterocycles. The number of nitrogens with zero attached hydrogens (tertiary/aromatic N) is 3. The van der Waals surface area contributed by atoms with Crippen LogP contribution >= 0.6 is 11.9 Å². The first-order chi connectivity index (χ1) is 6.41. The van der Waals surface area contributed by atoms with Crippen LogP contribution in [0.25, 0.3) is 10.4 Å². The molecule has 4 heteroatoms. The molecule has 0 radical (unpaired) electrons. The molecule has 13 heavy (non-hydrogen) atoms. The van der Waals surface area contributed by atoms with E-state index in [2.05, 4.69) is 16.4 Å². The molecule has 0 saturated heterocycles. The van der Waals surface area contributed by atoms with Crippen molar-refractivity contribution in [2.75, 3.05) is 5.75 Å². The monoisotopic (exact) mass is 201 g/mol. The van der Waals surface area contributed by atoms with E-state index in [1.807, 2.05) is 0 Å². The molecule has 0 bridgehead atoms. The molecule has 0 fully saturated rings. The third kappa shape index (κ3) is 11.7. The summed E-state index contributed by atoms with van der Waals surface area (Å²) >= 11 is 1.33. The summed E-state index contributed by atoms with van der Waals surface area (Å²) in [4.78, 5) is 2.68. The second-order valence-electron chi connectivity index (χ2n) is 3.13.